The highest BCUT2D eigenvalue weighted by molar-refractivity contribution is 4.70. The van der Waals surface area contributed by atoms with Crippen molar-refractivity contribution in [3.05, 3.63) is 0 Å². The monoisotopic (exact) mass is 142 g/mol. The molecule has 1 aliphatic heterocycles. The SMILES string of the molecule is CN(C)CC1CCCNC1. The van der Waals surface area contributed by atoms with Crippen LogP contribution >= 0.6 is 0 Å². The van der Waals surface area contributed by atoms with Crippen molar-refractivity contribution in [2.45, 2.75) is 12.8 Å². The molecular weight excluding hydrogens is 124 g/mol. The first kappa shape index (κ1) is 8.02. The third-order valence-corrected chi connectivity index (χ3v) is 2.02. The Hall–Kier alpha value is -0.0800. The Morgan fingerprint density at radius 1 is 1.50 bits per heavy atom. The molecule has 60 valence electrons. The van der Waals surface area contributed by atoms with Gasteiger partial charge in [-0.05, 0) is 45.9 Å². The fourth-order valence-corrected chi connectivity index (χ4v) is 1.60. The molecule has 0 radical (unpaired) electrons. The Bertz CT molecular complexity index is 85.3. The van der Waals surface area contributed by atoms with Gasteiger partial charge in [-0.3, -0.25) is 0 Å². The molecule has 0 aromatic carbocycles. The predicted molar refractivity (Wildman–Crippen MR) is 44.1 cm³/mol. The highest BCUT2D eigenvalue weighted by Crippen LogP contribution is 2.09. The molecule has 1 heterocycles. The maximum atomic E-state index is 3.41. The largest absolute Gasteiger partial charge is 0.316 e. The molecule has 1 rings (SSSR count). The summed E-state index contributed by atoms with van der Waals surface area (Å²) >= 11 is 0. The second-order valence-electron chi connectivity index (χ2n) is 3.47. The Morgan fingerprint density at radius 3 is 2.80 bits per heavy atom. The number of nitrogens with zero attached hydrogens (tertiary/aromatic N) is 1. The molecule has 1 unspecified atom stereocenters. The summed E-state index contributed by atoms with van der Waals surface area (Å²) in [6.07, 6.45) is 2.77. The maximum Gasteiger partial charge on any atom is 0.00157 e. The van der Waals surface area contributed by atoms with Gasteiger partial charge in [-0.25, -0.2) is 0 Å². The molecule has 0 aliphatic carbocycles. The van der Waals surface area contributed by atoms with E-state index in [0.29, 0.717) is 0 Å². The van der Waals surface area contributed by atoms with Crippen molar-refractivity contribution < 1.29 is 0 Å². The first-order valence-electron chi connectivity index (χ1n) is 4.14. The van der Waals surface area contributed by atoms with Gasteiger partial charge >= 0.3 is 0 Å². The average molecular weight is 142 g/mol. The fourth-order valence-electron chi connectivity index (χ4n) is 1.60. The molecule has 2 heteroatoms. The van der Waals surface area contributed by atoms with E-state index in [1.165, 1.54) is 32.5 Å². The van der Waals surface area contributed by atoms with Crippen LogP contribution in [0.3, 0.4) is 0 Å². The lowest BCUT2D eigenvalue weighted by molar-refractivity contribution is 0.276. The molecule has 0 aromatic rings. The summed E-state index contributed by atoms with van der Waals surface area (Å²) in [5.41, 5.74) is 0. The number of nitrogens with one attached hydrogen (secondary N) is 1. The topological polar surface area (TPSA) is 15.3 Å². The Balaban J connectivity index is 2.13. The van der Waals surface area contributed by atoms with Crippen molar-refractivity contribution in [3.63, 3.8) is 0 Å². The van der Waals surface area contributed by atoms with Crippen LogP contribution in [0.1, 0.15) is 12.8 Å². The third-order valence-electron chi connectivity index (χ3n) is 2.02. The molecule has 2 nitrogen and oxygen atoms in total. The van der Waals surface area contributed by atoms with Crippen LogP contribution in [0.15, 0.2) is 0 Å². The van der Waals surface area contributed by atoms with Crippen LogP contribution in [0.5, 0.6) is 0 Å². The van der Waals surface area contributed by atoms with Crippen LogP contribution < -0.4 is 5.32 Å². The van der Waals surface area contributed by atoms with Gasteiger partial charge in [-0.2, -0.15) is 0 Å². The smallest absolute Gasteiger partial charge is 0.00157 e. The van der Waals surface area contributed by atoms with Gasteiger partial charge < -0.3 is 10.2 Å². The van der Waals surface area contributed by atoms with Crippen LogP contribution in [0.4, 0.5) is 0 Å². The van der Waals surface area contributed by atoms with E-state index in [1.54, 1.807) is 0 Å². The quantitative estimate of drug-likeness (QED) is 0.605. The summed E-state index contributed by atoms with van der Waals surface area (Å²) in [5, 5.41) is 3.41. The summed E-state index contributed by atoms with van der Waals surface area (Å²) in [6, 6.07) is 0. The first-order valence-corrected chi connectivity index (χ1v) is 4.14. The fraction of sp³-hybridized carbons (Fsp3) is 1.00. The van der Waals surface area contributed by atoms with Crippen molar-refractivity contribution in [2.24, 2.45) is 5.92 Å². The molecule has 0 aromatic heterocycles. The molecule has 1 fully saturated rings. The van der Waals surface area contributed by atoms with Gasteiger partial charge in [0.2, 0.25) is 0 Å². The van der Waals surface area contributed by atoms with Crippen molar-refractivity contribution >= 4 is 0 Å². The minimum Gasteiger partial charge on any atom is -0.316 e. The van der Waals surface area contributed by atoms with E-state index in [2.05, 4.69) is 24.3 Å². The van der Waals surface area contributed by atoms with E-state index in [-0.39, 0.29) is 0 Å². The lowest BCUT2D eigenvalue weighted by Gasteiger charge is -2.25. The third kappa shape index (κ3) is 2.67. The normalized spacial score (nSPS) is 27.3. The molecule has 1 aliphatic rings. The van der Waals surface area contributed by atoms with Gasteiger partial charge in [0.1, 0.15) is 0 Å². The average Bonchev–Trinajstić information content (AvgIpc) is 1.88. The zero-order valence-electron chi connectivity index (χ0n) is 7.06. The Morgan fingerprint density at radius 2 is 2.30 bits per heavy atom. The zero-order chi connectivity index (χ0) is 7.40. The van der Waals surface area contributed by atoms with Crippen LogP contribution in [0.2, 0.25) is 0 Å². The molecule has 1 saturated heterocycles. The van der Waals surface area contributed by atoms with E-state index >= 15 is 0 Å². The summed E-state index contributed by atoms with van der Waals surface area (Å²) in [6.45, 7) is 3.69. The van der Waals surface area contributed by atoms with Crippen LogP contribution in [0.25, 0.3) is 0 Å². The van der Waals surface area contributed by atoms with Crippen LogP contribution in [-0.4, -0.2) is 38.6 Å². The van der Waals surface area contributed by atoms with Crippen molar-refractivity contribution in [1.29, 1.82) is 0 Å². The van der Waals surface area contributed by atoms with E-state index in [1.807, 2.05) is 0 Å². The summed E-state index contributed by atoms with van der Waals surface area (Å²) < 4.78 is 0. The van der Waals surface area contributed by atoms with Gasteiger partial charge in [-0.15, -0.1) is 0 Å². The molecular formula is C8H18N2. The van der Waals surface area contributed by atoms with Crippen molar-refractivity contribution in [3.8, 4) is 0 Å². The van der Waals surface area contributed by atoms with E-state index in [0.717, 1.165) is 5.92 Å². The minimum atomic E-state index is 0.892. The standard InChI is InChI=1S/C8H18N2/c1-10(2)7-8-4-3-5-9-6-8/h8-9H,3-7H2,1-2H3. The van der Waals surface area contributed by atoms with Gasteiger partial charge in [0.05, 0.1) is 0 Å². The maximum absolute atomic E-state index is 3.41. The van der Waals surface area contributed by atoms with Crippen molar-refractivity contribution in [2.75, 3.05) is 33.7 Å². The number of hydrogen-bond acceptors (Lipinski definition) is 2. The minimum absolute atomic E-state index is 0.892. The highest BCUT2D eigenvalue weighted by atomic mass is 15.1. The Kier molecular flexibility index (Phi) is 3.16. The summed E-state index contributed by atoms with van der Waals surface area (Å²) in [5.74, 6) is 0.892. The van der Waals surface area contributed by atoms with E-state index in [9.17, 15) is 0 Å². The Labute approximate surface area is 63.6 Å². The second-order valence-corrected chi connectivity index (χ2v) is 3.47. The lowest BCUT2D eigenvalue weighted by atomic mass is 9.99. The van der Waals surface area contributed by atoms with Gasteiger partial charge in [0.25, 0.3) is 0 Å². The summed E-state index contributed by atoms with van der Waals surface area (Å²) in [4.78, 5) is 2.28. The molecule has 1 N–H and O–H groups in total. The molecule has 0 spiro atoms. The molecule has 0 saturated carbocycles. The second kappa shape index (κ2) is 3.94. The van der Waals surface area contributed by atoms with Crippen LogP contribution in [-0.2, 0) is 0 Å². The van der Waals surface area contributed by atoms with Gasteiger partial charge in [0, 0.05) is 6.54 Å². The van der Waals surface area contributed by atoms with Crippen LogP contribution in [0, 0.1) is 5.92 Å². The van der Waals surface area contributed by atoms with E-state index < -0.39 is 0 Å². The summed E-state index contributed by atoms with van der Waals surface area (Å²) in [7, 11) is 4.29. The first-order chi connectivity index (χ1) is 4.79. The van der Waals surface area contributed by atoms with Crippen molar-refractivity contribution in [1.82, 2.24) is 10.2 Å². The number of hydrogen-bond donors (Lipinski definition) is 1. The van der Waals surface area contributed by atoms with Gasteiger partial charge in [0.15, 0.2) is 0 Å². The van der Waals surface area contributed by atoms with E-state index in [4.69, 9.17) is 0 Å². The number of rotatable bonds is 2. The molecule has 10 heavy (non-hydrogen) atoms. The molecule has 0 bridgehead atoms. The zero-order valence-corrected chi connectivity index (χ0v) is 7.06. The number of piperidine rings is 1. The molecule has 1 atom stereocenters. The lowest BCUT2D eigenvalue weighted by Crippen LogP contribution is -2.35. The predicted octanol–water partition coefficient (Wildman–Crippen LogP) is 0.548. The highest BCUT2D eigenvalue weighted by Gasteiger charge is 2.12. The van der Waals surface area contributed by atoms with Gasteiger partial charge in [-0.1, -0.05) is 0 Å². The molecule has 0 amide bonds.